The Morgan fingerprint density at radius 3 is 2.23 bits per heavy atom. The van der Waals surface area contributed by atoms with Crippen molar-refractivity contribution in [3.05, 3.63) is 29.1 Å². The molecule has 0 atom stereocenters. The number of halogens is 4. The molecule has 26 heavy (non-hydrogen) atoms. The van der Waals surface area contributed by atoms with E-state index in [4.69, 9.17) is 10.7 Å². The normalized spacial score (nSPS) is 12.7. The van der Waals surface area contributed by atoms with E-state index in [0.29, 0.717) is 11.1 Å². The zero-order valence-electron chi connectivity index (χ0n) is 14.8. The van der Waals surface area contributed by atoms with E-state index in [1.807, 2.05) is 13.8 Å². The molecule has 0 aliphatic heterocycles. The van der Waals surface area contributed by atoms with Crippen LogP contribution in [0.4, 0.5) is 19.1 Å². The van der Waals surface area contributed by atoms with E-state index in [9.17, 15) is 21.6 Å². The molecule has 0 N–H and O–H groups in total. The molecule has 1 heterocycles. The summed E-state index contributed by atoms with van der Waals surface area (Å²) in [6.07, 6.45) is -4.74. The van der Waals surface area contributed by atoms with Crippen LogP contribution < -0.4 is 4.90 Å². The van der Waals surface area contributed by atoms with Crippen LogP contribution in [-0.2, 0) is 15.2 Å². The standard InChI is InChI=1S/C15H18ClF3N4O2S/c1-8(2)10-6-9(3)12(26(16,24)25)7-11(10)23-14(22(4)5)20-13(21-23)15(17,18)19/h6-8H,1-5H3. The summed E-state index contributed by atoms with van der Waals surface area (Å²) in [7, 11) is 4.42. The molecule has 0 bridgehead atoms. The van der Waals surface area contributed by atoms with E-state index in [2.05, 4.69) is 10.1 Å². The predicted molar refractivity (Wildman–Crippen MR) is 92.6 cm³/mol. The third-order valence-corrected chi connectivity index (χ3v) is 5.14. The first-order valence-electron chi connectivity index (χ1n) is 7.54. The van der Waals surface area contributed by atoms with Crippen molar-refractivity contribution >= 4 is 25.7 Å². The first-order valence-corrected chi connectivity index (χ1v) is 9.85. The summed E-state index contributed by atoms with van der Waals surface area (Å²) in [5.74, 6) is -1.50. The number of benzene rings is 1. The van der Waals surface area contributed by atoms with Crippen LogP contribution in [0.3, 0.4) is 0 Å². The maximum absolute atomic E-state index is 13.1. The fraction of sp³-hybridized carbons (Fsp3) is 0.467. The van der Waals surface area contributed by atoms with Crippen LogP contribution in [0.2, 0.25) is 0 Å². The molecular formula is C15H18ClF3N4O2S. The highest BCUT2D eigenvalue weighted by atomic mass is 35.7. The third kappa shape index (κ3) is 3.96. The van der Waals surface area contributed by atoms with Crippen LogP contribution in [-0.4, -0.2) is 37.3 Å². The monoisotopic (exact) mass is 410 g/mol. The predicted octanol–water partition coefficient (Wildman–Crippen LogP) is 3.71. The fourth-order valence-corrected chi connectivity index (χ4v) is 3.68. The van der Waals surface area contributed by atoms with Crippen molar-refractivity contribution in [2.24, 2.45) is 0 Å². The van der Waals surface area contributed by atoms with Gasteiger partial charge in [0.15, 0.2) is 0 Å². The van der Waals surface area contributed by atoms with Gasteiger partial charge in [-0.3, -0.25) is 0 Å². The molecule has 0 radical (unpaired) electrons. The molecule has 0 amide bonds. The van der Waals surface area contributed by atoms with Gasteiger partial charge in [-0.15, -0.1) is 5.10 Å². The molecule has 2 rings (SSSR count). The van der Waals surface area contributed by atoms with Gasteiger partial charge >= 0.3 is 6.18 Å². The maximum Gasteiger partial charge on any atom is 0.453 e. The van der Waals surface area contributed by atoms with Gasteiger partial charge in [0, 0.05) is 24.8 Å². The third-order valence-electron chi connectivity index (χ3n) is 3.68. The summed E-state index contributed by atoms with van der Waals surface area (Å²) in [6, 6.07) is 2.82. The number of hydrogen-bond donors (Lipinski definition) is 0. The molecule has 0 fully saturated rings. The topological polar surface area (TPSA) is 68.1 Å². The molecule has 0 spiro atoms. The SMILES string of the molecule is Cc1cc(C(C)C)c(-n2nc(C(F)(F)F)nc2N(C)C)cc1S(=O)(=O)Cl. The van der Waals surface area contributed by atoms with Gasteiger partial charge in [0.25, 0.3) is 14.9 Å². The fourth-order valence-electron chi connectivity index (χ4n) is 2.48. The molecule has 0 saturated carbocycles. The van der Waals surface area contributed by atoms with Gasteiger partial charge in [0.1, 0.15) is 0 Å². The van der Waals surface area contributed by atoms with E-state index in [1.165, 1.54) is 25.1 Å². The van der Waals surface area contributed by atoms with E-state index in [1.54, 1.807) is 13.0 Å². The van der Waals surface area contributed by atoms with Gasteiger partial charge in [-0.05, 0) is 30.0 Å². The highest BCUT2D eigenvalue weighted by Gasteiger charge is 2.38. The van der Waals surface area contributed by atoms with Crippen LogP contribution >= 0.6 is 10.7 Å². The first kappa shape index (κ1) is 20.5. The van der Waals surface area contributed by atoms with E-state index >= 15 is 0 Å². The Hall–Kier alpha value is -1.81. The first-order chi connectivity index (χ1) is 11.7. The second-order valence-electron chi connectivity index (χ2n) is 6.31. The Balaban J connectivity index is 2.88. The number of hydrogen-bond acceptors (Lipinski definition) is 5. The van der Waals surface area contributed by atoms with Gasteiger partial charge < -0.3 is 4.90 Å². The average Bonchev–Trinajstić information content (AvgIpc) is 2.90. The van der Waals surface area contributed by atoms with Crippen LogP contribution in [0.5, 0.6) is 0 Å². The van der Waals surface area contributed by atoms with Gasteiger partial charge in [-0.25, -0.2) is 8.42 Å². The summed E-state index contributed by atoms with van der Waals surface area (Å²) in [5, 5.41) is 3.57. The summed E-state index contributed by atoms with van der Waals surface area (Å²) in [6.45, 7) is 5.24. The molecule has 1 aromatic carbocycles. The molecular weight excluding hydrogens is 393 g/mol. The Morgan fingerprint density at radius 1 is 1.23 bits per heavy atom. The summed E-state index contributed by atoms with van der Waals surface area (Å²) in [5.41, 5.74) is 1.19. The molecule has 0 aliphatic rings. The number of aryl methyl sites for hydroxylation is 1. The van der Waals surface area contributed by atoms with Crippen molar-refractivity contribution in [2.75, 3.05) is 19.0 Å². The highest BCUT2D eigenvalue weighted by Crippen LogP contribution is 2.34. The molecule has 11 heteroatoms. The van der Waals surface area contributed by atoms with Crippen LogP contribution in [0.25, 0.3) is 5.69 Å². The van der Waals surface area contributed by atoms with E-state index in [0.717, 1.165) is 4.68 Å². The maximum atomic E-state index is 13.1. The second-order valence-corrected chi connectivity index (χ2v) is 8.84. The average molecular weight is 411 g/mol. The molecule has 0 aliphatic carbocycles. The Morgan fingerprint density at radius 2 is 1.81 bits per heavy atom. The molecule has 2 aromatic rings. The lowest BCUT2D eigenvalue weighted by atomic mass is 9.99. The van der Waals surface area contributed by atoms with Crippen molar-refractivity contribution in [3.8, 4) is 5.69 Å². The molecule has 144 valence electrons. The largest absolute Gasteiger partial charge is 0.453 e. The molecule has 0 unspecified atom stereocenters. The quantitative estimate of drug-likeness (QED) is 0.719. The number of alkyl halides is 3. The van der Waals surface area contributed by atoms with Crippen molar-refractivity contribution in [2.45, 2.75) is 37.8 Å². The number of nitrogens with zero attached hydrogens (tertiary/aromatic N) is 4. The van der Waals surface area contributed by atoms with E-state index in [-0.39, 0.29) is 22.4 Å². The second kappa shape index (κ2) is 6.73. The Bertz CT molecular complexity index is 937. The lowest BCUT2D eigenvalue weighted by Gasteiger charge is -2.19. The molecule has 0 saturated heterocycles. The minimum absolute atomic E-state index is 0.0824. The summed E-state index contributed by atoms with van der Waals surface area (Å²) in [4.78, 5) is 4.72. The smallest absolute Gasteiger partial charge is 0.347 e. The minimum atomic E-state index is -4.74. The zero-order valence-corrected chi connectivity index (χ0v) is 16.3. The number of aromatic nitrogens is 3. The van der Waals surface area contributed by atoms with Gasteiger partial charge in [-0.2, -0.15) is 22.8 Å². The highest BCUT2D eigenvalue weighted by molar-refractivity contribution is 8.13. The molecule has 6 nitrogen and oxygen atoms in total. The van der Waals surface area contributed by atoms with Gasteiger partial charge in [-0.1, -0.05) is 19.9 Å². The van der Waals surface area contributed by atoms with Gasteiger partial charge in [0.2, 0.25) is 5.95 Å². The zero-order chi connectivity index (χ0) is 20.0. The van der Waals surface area contributed by atoms with Gasteiger partial charge in [0.05, 0.1) is 10.6 Å². The van der Waals surface area contributed by atoms with Crippen LogP contribution in [0.1, 0.15) is 36.7 Å². The van der Waals surface area contributed by atoms with E-state index < -0.39 is 21.1 Å². The Labute approximate surface area is 154 Å². The number of anilines is 1. The van der Waals surface area contributed by atoms with Crippen LogP contribution in [0.15, 0.2) is 17.0 Å². The Kier molecular flexibility index (Phi) is 5.31. The number of rotatable bonds is 4. The summed E-state index contributed by atoms with van der Waals surface area (Å²) < 4.78 is 63.9. The minimum Gasteiger partial charge on any atom is -0.347 e. The lowest BCUT2D eigenvalue weighted by molar-refractivity contribution is -0.144. The summed E-state index contributed by atoms with van der Waals surface area (Å²) >= 11 is 0. The van der Waals surface area contributed by atoms with Crippen molar-refractivity contribution < 1.29 is 21.6 Å². The van der Waals surface area contributed by atoms with Crippen molar-refractivity contribution in [1.29, 1.82) is 0 Å². The lowest BCUT2D eigenvalue weighted by Crippen LogP contribution is -2.17. The van der Waals surface area contributed by atoms with Crippen molar-refractivity contribution in [3.63, 3.8) is 0 Å². The van der Waals surface area contributed by atoms with Crippen LogP contribution in [0, 0.1) is 6.92 Å². The van der Waals surface area contributed by atoms with Crippen molar-refractivity contribution in [1.82, 2.24) is 14.8 Å². The molecule has 1 aromatic heterocycles.